The first-order valence-corrected chi connectivity index (χ1v) is 10.7. The van der Waals surface area contributed by atoms with E-state index in [1.165, 1.54) is 18.2 Å². The van der Waals surface area contributed by atoms with Gasteiger partial charge >= 0.3 is 11.9 Å². The zero-order valence-electron chi connectivity index (χ0n) is 18.7. The Labute approximate surface area is 187 Å². The normalized spacial score (nSPS) is 15.9. The number of rotatable bonds is 11. The predicted octanol–water partition coefficient (Wildman–Crippen LogP) is 3.49. The number of aliphatic hydroxyl groups is 1. The summed E-state index contributed by atoms with van der Waals surface area (Å²) in [5.74, 6) is -2.06. The minimum Gasteiger partial charge on any atom is -0.463 e. The molecule has 2 N–H and O–H groups in total. The Bertz CT molecular complexity index is 921. The Balaban J connectivity index is 2.40. The van der Waals surface area contributed by atoms with Crippen molar-refractivity contribution in [3.05, 3.63) is 62.5 Å². The van der Waals surface area contributed by atoms with Gasteiger partial charge in [-0.25, -0.2) is 9.59 Å². The lowest BCUT2D eigenvalue weighted by atomic mass is 9.80. The lowest BCUT2D eigenvalue weighted by Gasteiger charge is -2.30. The number of nitrogens with one attached hydrogen (secondary N) is 1. The third kappa shape index (κ3) is 6.16. The number of aliphatic hydroxyl groups excluding tert-OH is 1. The molecule has 1 aromatic carbocycles. The van der Waals surface area contributed by atoms with Gasteiger partial charge in [0.25, 0.3) is 5.69 Å². The molecule has 0 saturated carbocycles. The largest absolute Gasteiger partial charge is 0.463 e. The lowest BCUT2D eigenvalue weighted by Crippen LogP contribution is -2.32. The molecule has 1 aliphatic heterocycles. The van der Waals surface area contributed by atoms with Crippen LogP contribution in [-0.2, 0) is 19.1 Å². The lowest BCUT2D eigenvalue weighted by molar-refractivity contribution is -0.384. The van der Waals surface area contributed by atoms with Gasteiger partial charge in [-0.15, -0.1) is 0 Å². The summed E-state index contributed by atoms with van der Waals surface area (Å²) in [5, 5.41) is 23.2. The van der Waals surface area contributed by atoms with Crippen molar-refractivity contribution in [3.8, 4) is 0 Å². The molecule has 1 unspecified atom stereocenters. The fourth-order valence-electron chi connectivity index (χ4n) is 3.71. The van der Waals surface area contributed by atoms with E-state index < -0.39 is 22.8 Å². The first-order valence-electron chi connectivity index (χ1n) is 10.7. The molecular weight excluding hydrogens is 416 g/mol. The standard InChI is InChI=1S/C23H30N2O7/c1-4-31-22(27)19-15(2)24-16(3)20(23(28)32-13-8-6-5-7-12-26)21(19)17-10-9-11-18(14-17)25(29)30/h9-11,14,21,24,26H,4-8,12-13H2,1-3H3. The van der Waals surface area contributed by atoms with Crippen molar-refractivity contribution in [2.24, 2.45) is 0 Å². The molecule has 1 heterocycles. The van der Waals surface area contributed by atoms with E-state index >= 15 is 0 Å². The molecule has 0 fully saturated rings. The highest BCUT2D eigenvalue weighted by molar-refractivity contribution is 5.99. The average molecular weight is 447 g/mol. The number of nitro benzene ring substituents is 1. The maximum absolute atomic E-state index is 13.1. The second kappa shape index (κ2) is 12.0. The highest BCUT2D eigenvalue weighted by Gasteiger charge is 2.38. The molecule has 0 bridgehead atoms. The van der Waals surface area contributed by atoms with Crippen molar-refractivity contribution < 1.29 is 29.1 Å². The molecular formula is C23H30N2O7. The van der Waals surface area contributed by atoms with Gasteiger partial charge in [0.15, 0.2) is 0 Å². The van der Waals surface area contributed by atoms with Crippen molar-refractivity contribution in [1.29, 1.82) is 0 Å². The Hall–Kier alpha value is -3.20. The number of dihydropyridines is 1. The summed E-state index contributed by atoms with van der Waals surface area (Å²) >= 11 is 0. The van der Waals surface area contributed by atoms with E-state index in [4.69, 9.17) is 14.6 Å². The summed E-state index contributed by atoms with van der Waals surface area (Å²) in [6.45, 7) is 5.55. The summed E-state index contributed by atoms with van der Waals surface area (Å²) in [4.78, 5) is 36.7. The van der Waals surface area contributed by atoms with E-state index in [2.05, 4.69) is 5.32 Å². The molecule has 174 valence electrons. The molecule has 1 aliphatic rings. The first kappa shape index (κ1) is 25.1. The zero-order chi connectivity index (χ0) is 23.7. The maximum Gasteiger partial charge on any atom is 0.336 e. The van der Waals surface area contributed by atoms with Crippen molar-refractivity contribution in [1.82, 2.24) is 5.32 Å². The van der Waals surface area contributed by atoms with E-state index in [0.717, 1.165) is 12.8 Å². The van der Waals surface area contributed by atoms with Gasteiger partial charge < -0.3 is 19.9 Å². The molecule has 0 radical (unpaired) electrons. The van der Waals surface area contributed by atoms with Crippen LogP contribution in [0.15, 0.2) is 46.8 Å². The van der Waals surface area contributed by atoms with Crippen LogP contribution in [0.1, 0.15) is 57.9 Å². The van der Waals surface area contributed by atoms with Gasteiger partial charge in [0.2, 0.25) is 0 Å². The van der Waals surface area contributed by atoms with E-state index in [-0.39, 0.29) is 36.7 Å². The number of carbonyl (C=O) groups excluding carboxylic acids is 2. The number of hydrogen-bond donors (Lipinski definition) is 2. The van der Waals surface area contributed by atoms with Gasteiger partial charge in [-0.2, -0.15) is 0 Å². The van der Waals surface area contributed by atoms with Crippen LogP contribution in [0.3, 0.4) is 0 Å². The summed E-state index contributed by atoms with van der Waals surface area (Å²) in [7, 11) is 0. The van der Waals surface area contributed by atoms with Crippen LogP contribution in [0, 0.1) is 10.1 Å². The molecule has 0 saturated heterocycles. The molecule has 1 aromatic rings. The third-order valence-corrected chi connectivity index (χ3v) is 5.18. The summed E-state index contributed by atoms with van der Waals surface area (Å²) in [6.07, 6.45) is 2.99. The quantitative estimate of drug-likeness (QED) is 0.229. The molecule has 1 atom stereocenters. The number of carbonyl (C=O) groups is 2. The molecule has 9 heteroatoms. The highest BCUT2D eigenvalue weighted by atomic mass is 16.6. The zero-order valence-corrected chi connectivity index (χ0v) is 18.7. The number of unbranched alkanes of at least 4 members (excludes halogenated alkanes) is 3. The molecule has 0 amide bonds. The van der Waals surface area contributed by atoms with Gasteiger partial charge in [-0.3, -0.25) is 10.1 Å². The minimum atomic E-state index is -0.864. The second-order valence-corrected chi connectivity index (χ2v) is 7.48. The topological polar surface area (TPSA) is 128 Å². The second-order valence-electron chi connectivity index (χ2n) is 7.48. The Kier molecular flexibility index (Phi) is 9.39. The number of hydrogen-bond acceptors (Lipinski definition) is 8. The number of non-ortho nitro benzene ring substituents is 1. The first-order chi connectivity index (χ1) is 15.3. The van der Waals surface area contributed by atoms with Crippen LogP contribution in [0.4, 0.5) is 5.69 Å². The van der Waals surface area contributed by atoms with Crippen LogP contribution >= 0.6 is 0 Å². The van der Waals surface area contributed by atoms with Gasteiger partial charge in [-0.05, 0) is 45.6 Å². The fraction of sp³-hybridized carbons (Fsp3) is 0.478. The van der Waals surface area contributed by atoms with E-state index in [0.29, 0.717) is 29.8 Å². The van der Waals surface area contributed by atoms with Gasteiger partial charge in [0.05, 0.1) is 35.2 Å². The highest BCUT2D eigenvalue weighted by Crippen LogP contribution is 2.40. The summed E-state index contributed by atoms with van der Waals surface area (Å²) < 4.78 is 10.7. The van der Waals surface area contributed by atoms with Gasteiger partial charge in [0, 0.05) is 30.1 Å². The van der Waals surface area contributed by atoms with Gasteiger partial charge in [0.1, 0.15) is 0 Å². The number of nitrogens with zero attached hydrogens (tertiary/aromatic N) is 1. The SMILES string of the molecule is CCOC(=O)C1=C(C)NC(C)=C(C(=O)OCCCCCCO)C1c1cccc([N+](=O)[O-])c1. The average Bonchev–Trinajstić information content (AvgIpc) is 2.75. The number of nitro groups is 1. The Morgan fingerprint density at radius 1 is 1.06 bits per heavy atom. The molecule has 0 aromatic heterocycles. The third-order valence-electron chi connectivity index (χ3n) is 5.18. The Morgan fingerprint density at radius 2 is 1.69 bits per heavy atom. The molecule has 32 heavy (non-hydrogen) atoms. The minimum absolute atomic E-state index is 0.130. The van der Waals surface area contributed by atoms with Crippen molar-refractivity contribution in [2.75, 3.05) is 19.8 Å². The number of ether oxygens (including phenoxy) is 2. The Morgan fingerprint density at radius 3 is 2.28 bits per heavy atom. The van der Waals surface area contributed by atoms with Crippen LogP contribution < -0.4 is 5.32 Å². The summed E-state index contributed by atoms with van der Waals surface area (Å²) in [5.41, 5.74) is 1.74. The summed E-state index contributed by atoms with van der Waals surface area (Å²) in [6, 6.07) is 5.88. The number of benzene rings is 1. The van der Waals surface area contributed by atoms with Crippen LogP contribution in [0.2, 0.25) is 0 Å². The molecule has 0 aliphatic carbocycles. The molecule has 2 rings (SSSR count). The molecule has 0 spiro atoms. The number of esters is 2. The van der Waals surface area contributed by atoms with Gasteiger partial charge in [-0.1, -0.05) is 18.6 Å². The van der Waals surface area contributed by atoms with Crippen molar-refractivity contribution in [3.63, 3.8) is 0 Å². The van der Waals surface area contributed by atoms with Crippen LogP contribution in [-0.4, -0.2) is 41.8 Å². The van der Waals surface area contributed by atoms with Crippen molar-refractivity contribution in [2.45, 2.75) is 52.4 Å². The van der Waals surface area contributed by atoms with Crippen molar-refractivity contribution >= 4 is 17.6 Å². The molecule has 9 nitrogen and oxygen atoms in total. The van der Waals surface area contributed by atoms with Crippen LogP contribution in [0.25, 0.3) is 0 Å². The van der Waals surface area contributed by atoms with E-state index in [1.54, 1.807) is 26.8 Å². The predicted molar refractivity (Wildman–Crippen MR) is 118 cm³/mol. The van der Waals surface area contributed by atoms with E-state index in [1.807, 2.05) is 0 Å². The smallest absolute Gasteiger partial charge is 0.336 e. The number of allylic oxidation sites excluding steroid dienone is 2. The maximum atomic E-state index is 13.1. The monoisotopic (exact) mass is 446 g/mol. The van der Waals surface area contributed by atoms with Crippen LogP contribution in [0.5, 0.6) is 0 Å². The fourth-order valence-corrected chi connectivity index (χ4v) is 3.71. The van der Waals surface area contributed by atoms with E-state index in [9.17, 15) is 19.7 Å².